The van der Waals surface area contributed by atoms with E-state index in [4.69, 9.17) is 0 Å². The Kier molecular flexibility index (Phi) is 4.59. The van der Waals surface area contributed by atoms with Crippen molar-refractivity contribution in [2.24, 2.45) is 0 Å². The van der Waals surface area contributed by atoms with E-state index in [1.807, 2.05) is 5.38 Å². The summed E-state index contributed by atoms with van der Waals surface area (Å²) in [6.07, 6.45) is 1.77. The molecule has 1 aromatic carbocycles. The van der Waals surface area contributed by atoms with Crippen molar-refractivity contribution in [3.05, 3.63) is 69.1 Å². The number of fused-ring (bicyclic) bond motifs is 1. The number of thiazole rings is 1. The fraction of sp³-hybridized carbons (Fsp3) is 0.333. The first-order valence-electron chi connectivity index (χ1n) is 7.89. The molecule has 4 nitrogen and oxygen atoms in total. The number of rotatable bonds is 5. The zero-order valence-corrected chi connectivity index (χ0v) is 14.6. The van der Waals surface area contributed by atoms with E-state index in [1.165, 1.54) is 27.4 Å². The fourth-order valence-corrected chi connectivity index (χ4v) is 3.46. The molecule has 0 radical (unpaired) electrons. The standard InChI is InChI=1S/C18H21N3OS/c1-13(2)15-6-4-14(5-7-15)11-20(3)12-16-10-17(22)21-8-9-23-18(21)19-16/h4-10,13H,11-12H2,1-3H3/p+1. The predicted octanol–water partition coefficient (Wildman–Crippen LogP) is 2.09. The van der Waals surface area contributed by atoms with Crippen LogP contribution in [0.3, 0.4) is 0 Å². The number of benzene rings is 1. The zero-order chi connectivity index (χ0) is 16.4. The van der Waals surface area contributed by atoms with Crippen LogP contribution < -0.4 is 10.5 Å². The van der Waals surface area contributed by atoms with Crippen molar-refractivity contribution >= 4 is 16.3 Å². The van der Waals surface area contributed by atoms with Crippen LogP contribution in [-0.2, 0) is 13.1 Å². The molecule has 2 heterocycles. The molecular formula is C18H22N3OS+. The Hall–Kier alpha value is -1.98. The maximum absolute atomic E-state index is 12.0. The van der Waals surface area contributed by atoms with E-state index in [0.717, 1.165) is 23.7 Å². The summed E-state index contributed by atoms with van der Waals surface area (Å²) in [5, 5.41) is 1.89. The van der Waals surface area contributed by atoms with E-state index in [0.29, 0.717) is 5.92 Å². The summed E-state index contributed by atoms with van der Waals surface area (Å²) in [5.41, 5.74) is 3.53. The SMILES string of the molecule is CC(C)c1ccc(C[NH+](C)Cc2cc(=O)n3ccsc3n2)cc1. The second-order valence-electron chi connectivity index (χ2n) is 6.35. The first kappa shape index (κ1) is 15.9. The van der Waals surface area contributed by atoms with Gasteiger partial charge in [-0.15, -0.1) is 11.3 Å². The van der Waals surface area contributed by atoms with Crippen LogP contribution in [0.5, 0.6) is 0 Å². The highest BCUT2D eigenvalue weighted by atomic mass is 32.1. The van der Waals surface area contributed by atoms with Crippen molar-refractivity contribution < 1.29 is 4.90 Å². The Morgan fingerprint density at radius 1 is 1.22 bits per heavy atom. The first-order chi connectivity index (χ1) is 11.0. The molecule has 0 fully saturated rings. The maximum atomic E-state index is 12.0. The van der Waals surface area contributed by atoms with Gasteiger partial charge in [-0.1, -0.05) is 38.1 Å². The molecule has 23 heavy (non-hydrogen) atoms. The number of hydrogen-bond acceptors (Lipinski definition) is 3. The van der Waals surface area contributed by atoms with Gasteiger partial charge in [0.15, 0.2) is 4.96 Å². The predicted molar refractivity (Wildman–Crippen MR) is 94.2 cm³/mol. The highest BCUT2D eigenvalue weighted by molar-refractivity contribution is 7.15. The number of aromatic nitrogens is 2. The van der Waals surface area contributed by atoms with Gasteiger partial charge in [0.1, 0.15) is 18.8 Å². The van der Waals surface area contributed by atoms with E-state index in [9.17, 15) is 4.79 Å². The molecule has 0 aliphatic rings. The number of quaternary nitrogens is 1. The topological polar surface area (TPSA) is 38.8 Å². The van der Waals surface area contributed by atoms with Gasteiger partial charge in [0.25, 0.3) is 5.56 Å². The molecule has 120 valence electrons. The van der Waals surface area contributed by atoms with Crippen molar-refractivity contribution in [2.45, 2.75) is 32.9 Å². The monoisotopic (exact) mass is 328 g/mol. The molecule has 0 saturated heterocycles. The summed E-state index contributed by atoms with van der Waals surface area (Å²) in [6, 6.07) is 10.4. The summed E-state index contributed by atoms with van der Waals surface area (Å²) in [6.45, 7) is 6.08. The Bertz CT molecular complexity index is 849. The molecule has 5 heteroatoms. The minimum atomic E-state index is 0.000311. The molecular weight excluding hydrogens is 306 g/mol. The quantitative estimate of drug-likeness (QED) is 0.779. The largest absolute Gasteiger partial charge is 0.329 e. The van der Waals surface area contributed by atoms with E-state index >= 15 is 0 Å². The summed E-state index contributed by atoms with van der Waals surface area (Å²) < 4.78 is 1.59. The minimum Gasteiger partial charge on any atom is -0.329 e. The van der Waals surface area contributed by atoms with Gasteiger partial charge in [-0.2, -0.15) is 0 Å². The molecule has 0 saturated carbocycles. The molecule has 0 bridgehead atoms. The molecule has 1 atom stereocenters. The van der Waals surface area contributed by atoms with Crippen LogP contribution in [0, 0.1) is 0 Å². The van der Waals surface area contributed by atoms with Crippen LogP contribution in [0.15, 0.2) is 46.7 Å². The van der Waals surface area contributed by atoms with Gasteiger partial charge in [0.2, 0.25) is 0 Å². The third kappa shape index (κ3) is 3.68. The van der Waals surface area contributed by atoms with Crippen LogP contribution in [0.25, 0.3) is 4.96 Å². The lowest BCUT2D eigenvalue weighted by atomic mass is 10.0. The Morgan fingerprint density at radius 2 is 1.96 bits per heavy atom. The highest BCUT2D eigenvalue weighted by Crippen LogP contribution is 2.14. The van der Waals surface area contributed by atoms with E-state index in [2.05, 4.69) is 50.1 Å². The van der Waals surface area contributed by atoms with Crippen molar-refractivity contribution in [3.63, 3.8) is 0 Å². The van der Waals surface area contributed by atoms with Gasteiger partial charge in [-0.05, 0) is 11.5 Å². The van der Waals surface area contributed by atoms with Gasteiger partial charge in [-0.25, -0.2) is 4.98 Å². The molecule has 0 amide bonds. The number of nitrogens with zero attached hydrogens (tertiary/aromatic N) is 2. The summed E-state index contributed by atoms with van der Waals surface area (Å²) in [5.74, 6) is 0.559. The number of nitrogens with one attached hydrogen (secondary N) is 1. The van der Waals surface area contributed by atoms with Crippen LogP contribution >= 0.6 is 11.3 Å². The summed E-state index contributed by atoms with van der Waals surface area (Å²) in [4.78, 5) is 18.7. The van der Waals surface area contributed by atoms with E-state index in [1.54, 1.807) is 16.7 Å². The van der Waals surface area contributed by atoms with Gasteiger partial charge in [-0.3, -0.25) is 9.20 Å². The minimum absolute atomic E-state index is 0.000311. The second kappa shape index (κ2) is 6.64. The highest BCUT2D eigenvalue weighted by Gasteiger charge is 2.10. The molecule has 0 spiro atoms. The first-order valence-corrected chi connectivity index (χ1v) is 8.77. The molecule has 1 unspecified atom stereocenters. The van der Waals surface area contributed by atoms with E-state index < -0.39 is 0 Å². The van der Waals surface area contributed by atoms with Crippen LogP contribution in [0.1, 0.15) is 36.6 Å². The van der Waals surface area contributed by atoms with Crippen LogP contribution in [0.2, 0.25) is 0 Å². The lowest BCUT2D eigenvalue weighted by molar-refractivity contribution is -0.908. The normalized spacial score (nSPS) is 12.9. The van der Waals surface area contributed by atoms with Crippen molar-refractivity contribution in [2.75, 3.05) is 7.05 Å². The van der Waals surface area contributed by atoms with Crippen LogP contribution in [-0.4, -0.2) is 16.4 Å². The number of hydrogen-bond donors (Lipinski definition) is 1. The van der Waals surface area contributed by atoms with Gasteiger partial charge < -0.3 is 4.90 Å². The van der Waals surface area contributed by atoms with E-state index in [-0.39, 0.29) is 5.56 Å². The molecule has 2 aromatic heterocycles. The third-order valence-corrected chi connectivity index (χ3v) is 4.75. The smallest absolute Gasteiger partial charge is 0.258 e. The van der Waals surface area contributed by atoms with Gasteiger partial charge in [0.05, 0.1) is 7.05 Å². The van der Waals surface area contributed by atoms with Crippen molar-refractivity contribution in [1.29, 1.82) is 0 Å². The molecule has 1 N–H and O–H groups in total. The Morgan fingerprint density at radius 3 is 2.65 bits per heavy atom. The average molecular weight is 328 g/mol. The second-order valence-corrected chi connectivity index (χ2v) is 7.22. The third-order valence-electron chi connectivity index (χ3n) is 3.99. The summed E-state index contributed by atoms with van der Waals surface area (Å²) >= 11 is 1.49. The lowest BCUT2D eigenvalue weighted by Crippen LogP contribution is -3.06. The molecule has 0 aliphatic heterocycles. The van der Waals surface area contributed by atoms with Crippen LogP contribution in [0.4, 0.5) is 0 Å². The van der Waals surface area contributed by atoms with Gasteiger partial charge in [0, 0.05) is 23.2 Å². The van der Waals surface area contributed by atoms with Gasteiger partial charge >= 0.3 is 0 Å². The molecule has 3 rings (SSSR count). The average Bonchev–Trinajstić information content (AvgIpc) is 2.96. The van der Waals surface area contributed by atoms with Crippen molar-refractivity contribution in [1.82, 2.24) is 9.38 Å². The Labute approximate surface area is 140 Å². The summed E-state index contributed by atoms with van der Waals surface area (Å²) in [7, 11) is 2.13. The molecule has 0 aliphatic carbocycles. The lowest BCUT2D eigenvalue weighted by Gasteiger charge is -2.14. The fourth-order valence-electron chi connectivity index (χ4n) is 2.72. The molecule has 3 aromatic rings. The Balaban J connectivity index is 1.70. The van der Waals surface area contributed by atoms with Crippen molar-refractivity contribution in [3.8, 4) is 0 Å². The maximum Gasteiger partial charge on any atom is 0.258 e. The zero-order valence-electron chi connectivity index (χ0n) is 13.7.